The van der Waals surface area contributed by atoms with Crippen molar-refractivity contribution in [2.24, 2.45) is 0 Å². The molecule has 27 heavy (non-hydrogen) atoms. The molecule has 0 fully saturated rings. The minimum atomic E-state index is -2.17. The molecular weight excluding hydrogens is 376 g/mol. The Balaban J connectivity index is 5.94. The van der Waals surface area contributed by atoms with Gasteiger partial charge in [-0.25, -0.2) is 0 Å². The van der Waals surface area contributed by atoms with Gasteiger partial charge >= 0.3 is 0 Å². The Kier molecular flexibility index (Phi) is 10.1. The molecule has 0 spiro atoms. The maximum absolute atomic E-state index is 12.1. The average molecular weight is 421 g/mol. The van der Waals surface area contributed by atoms with Gasteiger partial charge in [0.15, 0.2) is 22.9 Å². The Bertz CT molecular complexity index is 446. The normalized spacial score (nSPS) is 16.5. The van der Waals surface area contributed by atoms with Gasteiger partial charge in [-0.15, -0.1) is 0 Å². The van der Waals surface area contributed by atoms with E-state index in [0.29, 0.717) is 13.2 Å². The lowest BCUT2D eigenvalue weighted by Gasteiger charge is -2.45. The van der Waals surface area contributed by atoms with Crippen LogP contribution in [0.5, 0.6) is 0 Å². The Labute approximate surface area is 169 Å². The molecule has 0 saturated heterocycles. The molecule has 0 aliphatic heterocycles. The number of ether oxygens (including phenoxy) is 2. The van der Waals surface area contributed by atoms with Crippen LogP contribution in [0, 0.1) is 0 Å². The first-order chi connectivity index (χ1) is 12.0. The Hall–Kier alpha value is -0.0562. The summed E-state index contributed by atoms with van der Waals surface area (Å²) in [6.07, 6.45) is -1.07. The van der Waals surface area contributed by atoms with Gasteiger partial charge in [-0.2, -0.15) is 0 Å². The van der Waals surface area contributed by atoms with Crippen molar-refractivity contribution < 1.29 is 23.1 Å². The third-order valence-corrected chi connectivity index (χ3v) is 14.8. The van der Waals surface area contributed by atoms with E-state index in [9.17, 15) is 4.79 Å². The van der Waals surface area contributed by atoms with Crippen LogP contribution in [0.15, 0.2) is 0 Å². The molecule has 0 aromatic rings. The number of carbonyl (C=O) groups is 1. The molecule has 5 nitrogen and oxygen atoms in total. The molecule has 0 bridgehead atoms. The highest BCUT2D eigenvalue weighted by atomic mass is 28.4. The highest BCUT2D eigenvalue weighted by Crippen LogP contribution is 2.40. The molecular formula is C20H44O5Si2. The van der Waals surface area contributed by atoms with Crippen molar-refractivity contribution in [3.8, 4) is 0 Å². The monoisotopic (exact) mass is 420 g/mol. The van der Waals surface area contributed by atoms with E-state index >= 15 is 0 Å². The number of hydrogen-bond acceptors (Lipinski definition) is 5. The van der Waals surface area contributed by atoms with Gasteiger partial charge in [0.2, 0.25) is 0 Å². The number of rotatable bonds is 11. The first kappa shape index (κ1) is 26.9. The summed E-state index contributed by atoms with van der Waals surface area (Å²) in [6.45, 7) is 26.4. The fourth-order valence-electron chi connectivity index (χ4n) is 2.05. The average Bonchev–Trinajstić information content (AvgIpc) is 2.48. The number of aldehydes is 1. The van der Waals surface area contributed by atoms with Crippen LogP contribution in [0.4, 0.5) is 0 Å². The lowest BCUT2D eigenvalue weighted by molar-refractivity contribution is -0.202. The van der Waals surface area contributed by atoms with Gasteiger partial charge in [-0.3, -0.25) is 0 Å². The fourth-order valence-corrected chi connectivity index (χ4v) is 4.55. The first-order valence-electron chi connectivity index (χ1n) is 10.1. The van der Waals surface area contributed by atoms with E-state index in [2.05, 4.69) is 67.7 Å². The quantitative estimate of drug-likeness (QED) is 0.256. The van der Waals surface area contributed by atoms with Crippen LogP contribution in [-0.2, 0) is 23.1 Å². The van der Waals surface area contributed by atoms with Gasteiger partial charge in [-0.1, -0.05) is 41.5 Å². The van der Waals surface area contributed by atoms with Gasteiger partial charge in [-0.05, 0) is 50.1 Å². The zero-order valence-electron chi connectivity index (χ0n) is 19.8. The van der Waals surface area contributed by atoms with Crippen molar-refractivity contribution in [1.82, 2.24) is 0 Å². The summed E-state index contributed by atoms with van der Waals surface area (Å²) in [4.78, 5) is 12.1. The van der Waals surface area contributed by atoms with Crippen molar-refractivity contribution in [3.63, 3.8) is 0 Å². The van der Waals surface area contributed by atoms with E-state index in [1.54, 1.807) is 0 Å². The molecule has 0 rings (SSSR count). The zero-order valence-corrected chi connectivity index (χ0v) is 21.8. The summed E-state index contributed by atoms with van der Waals surface area (Å²) in [7, 11) is -4.34. The van der Waals surface area contributed by atoms with Crippen molar-refractivity contribution in [2.45, 2.75) is 110 Å². The van der Waals surface area contributed by atoms with Gasteiger partial charge in [0.25, 0.3) is 0 Å². The topological polar surface area (TPSA) is 54.0 Å². The largest absolute Gasteiger partial charge is 0.406 e. The molecule has 0 amide bonds. The molecule has 0 N–H and O–H groups in total. The van der Waals surface area contributed by atoms with Gasteiger partial charge < -0.3 is 23.1 Å². The zero-order chi connectivity index (χ0) is 21.7. The summed E-state index contributed by atoms with van der Waals surface area (Å²) in [5.74, 6) is 0. The highest BCUT2D eigenvalue weighted by molar-refractivity contribution is 6.74. The van der Waals surface area contributed by atoms with Crippen molar-refractivity contribution >= 4 is 22.9 Å². The summed E-state index contributed by atoms with van der Waals surface area (Å²) in [5.41, 5.74) is 0. The van der Waals surface area contributed by atoms with Crippen molar-refractivity contribution in [2.75, 3.05) is 13.2 Å². The van der Waals surface area contributed by atoms with Crippen LogP contribution in [0.2, 0.25) is 36.3 Å². The van der Waals surface area contributed by atoms with E-state index in [0.717, 1.165) is 6.29 Å². The molecule has 7 heteroatoms. The van der Waals surface area contributed by atoms with Crippen molar-refractivity contribution in [3.05, 3.63) is 0 Å². The molecule has 0 unspecified atom stereocenters. The Morgan fingerprint density at radius 1 is 0.778 bits per heavy atom. The van der Waals surface area contributed by atoms with E-state index in [-0.39, 0.29) is 10.1 Å². The molecule has 162 valence electrons. The van der Waals surface area contributed by atoms with E-state index < -0.39 is 35.1 Å². The van der Waals surface area contributed by atoms with Crippen LogP contribution < -0.4 is 0 Å². The third kappa shape index (κ3) is 7.70. The van der Waals surface area contributed by atoms with Crippen LogP contribution in [0.3, 0.4) is 0 Å². The second-order valence-corrected chi connectivity index (χ2v) is 19.6. The highest BCUT2D eigenvalue weighted by Gasteiger charge is 2.47. The van der Waals surface area contributed by atoms with E-state index in [1.807, 2.05) is 13.8 Å². The SMILES string of the molecule is CCOC(OCC)[C@H](O[Si](C)(C)C(C)(C)C)[C@H](C=O)O[Si](C)(C)C(C)(C)C. The van der Waals surface area contributed by atoms with E-state index in [1.165, 1.54) is 0 Å². The molecule has 0 aliphatic rings. The molecule has 0 aromatic heterocycles. The van der Waals surface area contributed by atoms with Crippen molar-refractivity contribution in [1.29, 1.82) is 0 Å². The summed E-state index contributed by atoms with van der Waals surface area (Å²) in [6, 6.07) is 0. The minimum Gasteiger partial charge on any atom is -0.406 e. The third-order valence-electron chi connectivity index (χ3n) is 5.86. The van der Waals surface area contributed by atoms with Crippen LogP contribution >= 0.6 is 0 Å². The van der Waals surface area contributed by atoms with E-state index in [4.69, 9.17) is 18.3 Å². The molecule has 0 saturated carbocycles. The Morgan fingerprint density at radius 3 is 1.44 bits per heavy atom. The van der Waals surface area contributed by atoms with Gasteiger partial charge in [0, 0.05) is 13.2 Å². The molecule has 2 atom stereocenters. The van der Waals surface area contributed by atoms with Gasteiger partial charge in [0.1, 0.15) is 18.5 Å². The second-order valence-electron chi connectivity index (χ2n) is 10.1. The van der Waals surface area contributed by atoms with Crippen LogP contribution in [0.25, 0.3) is 0 Å². The van der Waals surface area contributed by atoms with Crippen LogP contribution in [0.1, 0.15) is 55.4 Å². The number of hydrogen-bond donors (Lipinski definition) is 0. The van der Waals surface area contributed by atoms with Gasteiger partial charge in [0.05, 0.1) is 0 Å². The maximum Gasteiger partial charge on any atom is 0.193 e. The lowest BCUT2D eigenvalue weighted by atomic mass is 10.2. The predicted octanol–water partition coefficient (Wildman–Crippen LogP) is 5.37. The molecule has 0 heterocycles. The molecule has 0 aliphatic carbocycles. The smallest absolute Gasteiger partial charge is 0.193 e. The Morgan fingerprint density at radius 2 is 1.15 bits per heavy atom. The standard InChI is InChI=1S/C20H44O5Si2/c1-13-22-18(23-14-2)17(25-27(11,12)20(6,7)8)16(15-21)24-26(9,10)19(3,4)5/h15-18H,13-14H2,1-12H3/t16-,17+/m0/s1. The lowest BCUT2D eigenvalue weighted by Crippen LogP contribution is -2.56. The first-order valence-corrected chi connectivity index (χ1v) is 15.9. The maximum atomic E-state index is 12.1. The summed E-state index contributed by atoms with van der Waals surface area (Å²) in [5, 5.41) is -0.0128. The van der Waals surface area contributed by atoms with Crippen LogP contribution in [-0.4, -0.2) is 54.6 Å². The summed E-state index contributed by atoms with van der Waals surface area (Å²) < 4.78 is 24.8. The number of carbonyl (C=O) groups excluding carboxylic acids is 1. The minimum absolute atomic E-state index is 0.00135. The second kappa shape index (κ2) is 10.1. The fraction of sp³-hybridized carbons (Fsp3) is 0.950. The predicted molar refractivity (Wildman–Crippen MR) is 117 cm³/mol. The molecule has 0 radical (unpaired) electrons. The summed E-state index contributed by atoms with van der Waals surface area (Å²) >= 11 is 0. The molecule has 0 aromatic carbocycles.